The molecule has 0 saturated carbocycles. The number of rotatable bonds is 8. The summed E-state index contributed by atoms with van der Waals surface area (Å²) in [5.74, 6) is 1.78. The Kier molecular flexibility index (Phi) is 6.07. The van der Waals surface area contributed by atoms with Crippen LogP contribution in [0.15, 0.2) is 48.6 Å². The Labute approximate surface area is 169 Å². The van der Waals surface area contributed by atoms with Crippen molar-refractivity contribution in [2.24, 2.45) is 0 Å². The Morgan fingerprint density at radius 1 is 1.10 bits per heavy atom. The van der Waals surface area contributed by atoms with Crippen LogP contribution in [-0.4, -0.2) is 36.8 Å². The number of ether oxygens (including phenoxy) is 3. The average Bonchev–Trinajstić information content (AvgIpc) is 3.07. The van der Waals surface area contributed by atoms with E-state index in [2.05, 4.69) is 21.4 Å². The van der Waals surface area contributed by atoms with E-state index in [4.69, 9.17) is 14.2 Å². The normalized spacial score (nSPS) is 10.6. The first-order valence-corrected chi connectivity index (χ1v) is 9.15. The van der Waals surface area contributed by atoms with Gasteiger partial charge >= 0.3 is 0 Å². The fraction of sp³-hybridized carbons (Fsp3) is 0.273. The van der Waals surface area contributed by atoms with Gasteiger partial charge in [-0.05, 0) is 31.2 Å². The fourth-order valence-electron chi connectivity index (χ4n) is 3.18. The van der Waals surface area contributed by atoms with Crippen LogP contribution >= 0.6 is 0 Å². The average molecular weight is 395 g/mol. The van der Waals surface area contributed by atoms with Crippen molar-refractivity contribution >= 4 is 16.9 Å². The topological polar surface area (TPSA) is 74.6 Å². The number of hydrogen-bond acceptors (Lipinski definition) is 5. The lowest BCUT2D eigenvalue weighted by Gasteiger charge is -2.14. The number of hydrogen-bond donors (Lipinski definition) is 1. The lowest BCUT2D eigenvalue weighted by molar-refractivity contribution is 0.0948. The summed E-state index contributed by atoms with van der Waals surface area (Å²) in [6, 6.07) is 11.1. The van der Waals surface area contributed by atoms with E-state index in [1.165, 1.54) is 21.3 Å². The van der Waals surface area contributed by atoms with E-state index in [1.807, 2.05) is 31.2 Å². The SMILES string of the molecule is C=C(C)Cn1c(CNC(=O)c2cc(OC)c(OC)c(OC)c2)nc2ccccc21. The highest BCUT2D eigenvalue weighted by atomic mass is 16.5. The second-order valence-corrected chi connectivity index (χ2v) is 6.66. The Morgan fingerprint density at radius 3 is 2.34 bits per heavy atom. The van der Waals surface area contributed by atoms with Crippen molar-refractivity contribution < 1.29 is 19.0 Å². The molecule has 1 aromatic heterocycles. The molecule has 2 aromatic carbocycles. The Balaban J connectivity index is 1.87. The van der Waals surface area contributed by atoms with Gasteiger partial charge in [0, 0.05) is 12.1 Å². The van der Waals surface area contributed by atoms with Gasteiger partial charge in [0.05, 0.1) is 38.9 Å². The van der Waals surface area contributed by atoms with Crippen LogP contribution in [0.1, 0.15) is 23.1 Å². The summed E-state index contributed by atoms with van der Waals surface area (Å²) in [6.45, 7) is 6.88. The van der Waals surface area contributed by atoms with Crippen LogP contribution in [0.3, 0.4) is 0 Å². The van der Waals surface area contributed by atoms with Crippen LogP contribution < -0.4 is 19.5 Å². The predicted molar refractivity (Wildman–Crippen MR) is 112 cm³/mol. The van der Waals surface area contributed by atoms with Gasteiger partial charge < -0.3 is 24.1 Å². The van der Waals surface area contributed by atoms with E-state index in [1.54, 1.807) is 12.1 Å². The summed E-state index contributed by atoms with van der Waals surface area (Å²) >= 11 is 0. The standard InChI is InChI=1S/C22H25N3O4/c1-14(2)13-25-17-9-7-6-8-16(17)24-20(25)12-23-22(26)15-10-18(27-3)21(29-5)19(11-15)28-4/h6-11H,1,12-13H2,2-5H3,(H,23,26). The van der Waals surface area contributed by atoms with Crippen LogP contribution in [-0.2, 0) is 13.1 Å². The number of carbonyl (C=O) groups excluding carboxylic acids is 1. The summed E-state index contributed by atoms with van der Waals surface area (Å²) < 4.78 is 18.0. The van der Waals surface area contributed by atoms with E-state index in [0.717, 1.165) is 22.4 Å². The maximum absolute atomic E-state index is 12.8. The van der Waals surface area contributed by atoms with Crippen LogP contribution in [0.25, 0.3) is 11.0 Å². The van der Waals surface area contributed by atoms with Gasteiger partial charge in [-0.2, -0.15) is 0 Å². The Hall–Kier alpha value is -3.48. The lowest BCUT2D eigenvalue weighted by atomic mass is 10.1. The minimum atomic E-state index is -0.266. The number of carbonyl (C=O) groups is 1. The third kappa shape index (κ3) is 4.18. The molecule has 7 nitrogen and oxygen atoms in total. The monoisotopic (exact) mass is 395 g/mol. The van der Waals surface area contributed by atoms with Crippen molar-refractivity contribution in [3.05, 3.63) is 59.9 Å². The van der Waals surface area contributed by atoms with E-state index in [0.29, 0.717) is 29.4 Å². The molecular weight excluding hydrogens is 370 g/mol. The molecule has 0 saturated heterocycles. The van der Waals surface area contributed by atoms with Gasteiger partial charge in [0.2, 0.25) is 5.75 Å². The second-order valence-electron chi connectivity index (χ2n) is 6.66. The molecule has 0 aliphatic carbocycles. The van der Waals surface area contributed by atoms with Crippen molar-refractivity contribution in [2.45, 2.75) is 20.0 Å². The third-order valence-corrected chi connectivity index (χ3v) is 4.50. The summed E-state index contributed by atoms with van der Waals surface area (Å²) in [7, 11) is 4.55. The predicted octanol–water partition coefficient (Wildman–Crippen LogP) is 3.57. The van der Waals surface area contributed by atoms with Crippen LogP contribution in [0.2, 0.25) is 0 Å². The number of fused-ring (bicyclic) bond motifs is 1. The van der Waals surface area contributed by atoms with Gasteiger partial charge in [0.25, 0.3) is 5.91 Å². The number of nitrogens with zero attached hydrogens (tertiary/aromatic N) is 2. The molecule has 152 valence electrons. The molecule has 0 spiro atoms. The molecule has 29 heavy (non-hydrogen) atoms. The number of nitrogens with one attached hydrogen (secondary N) is 1. The number of para-hydroxylation sites is 2. The van der Waals surface area contributed by atoms with E-state index in [-0.39, 0.29) is 12.5 Å². The minimum absolute atomic E-state index is 0.266. The zero-order valence-electron chi connectivity index (χ0n) is 17.1. The van der Waals surface area contributed by atoms with Gasteiger partial charge in [0.1, 0.15) is 5.82 Å². The van der Waals surface area contributed by atoms with Crippen molar-refractivity contribution in [1.29, 1.82) is 0 Å². The molecule has 7 heteroatoms. The highest BCUT2D eigenvalue weighted by Gasteiger charge is 2.18. The van der Waals surface area contributed by atoms with Gasteiger partial charge in [-0.25, -0.2) is 4.98 Å². The molecular formula is C22H25N3O4. The van der Waals surface area contributed by atoms with Gasteiger partial charge in [-0.1, -0.05) is 24.3 Å². The molecule has 0 fully saturated rings. The smallest absolute Gasteiger partial charge is 0.251 e. The fourth-order valence-corrected chi connectivity index (χ4v) is 3.18. The van der Waals surface area contributed by atoms with Crippen molar-refractivity contribution in [3.8, 4) is 17.2 Å². The molecule has 0 aliphatic rings. The first kappa shape index (κ1) is 20.3. The van der Waals surface area contributed by atoms with Crippen LogP contribution in [0, 0.1) is 0 Å². The van der Waals surface area contributed by atoms with Gasteiger partial charge in [-0.3, -0.25) is 4.79 Å². The first-order valence-electron chi connectivity index (χ1n) is 9.15. The number of amides is 1. The molecule has 1 heterocycles. The van der Waals surface area contributed by atoms with Crippen LogP contribution in [0.5, 0.6) is 17.2 Å². The maximum Gasteiger partial charge on any atom is 0.251 e. The lowest BCUT2D eigenvalue weighted by Crippen LogP contribution is -2.25. The maximum atomic E-state index is 12.8. The molecule has 1 N–H and O–H groups in total. The molecule has 1 amide bonds. The Morgan fingerprint density at radius 2 is 1.76 bits per heavy atom. The highest BCUT2D eigenvalue weighted by Crippen LogP contribution is 2.38. The molecule has 3 aromatic rings. The summed E-state index contributed by atoms with van der Waals surface area (Å²) in [5.41, 5.74) is 3.30. The highest BCUT2D eigenvalue weighted by molar-refractivity contribution is 5.95. The van der Waals surface area contributed by atoms with Gasteiger partial charge in [0.15, 0.2) is 11.5 Å². The van der Waals surface area contributed by atoms with Crippen molar-refractivity contribution in [1.82, 2.24) is 14.9 Å². The quantitative estimate of drug-likeness (QED) is 0.590. The molecule has 0 unspecified atom stereocenters. The minimum Gasteiger partial charge on any atom is -0.493 e. The molecule has 0 aliphatic heterocycles. The van der Waals surface area contributed by atoms with Crippen molar-refractivity contribution in [2.75, 3.05) is 21.3 Å². The van der Waals surface area contributed by atoms with Crippen LogP contribution in [0.4, 0.5) is 0 Å². The van der Waals surface area contributed by atoms with E-state index >= 15 is 0 Å². The molecule has 0 radical (unpaired) electrons. The Bertz CT molecular complexity index is 1030. The number of aromatic nitrogens is 2. The zero-order chi connectivity index (χ0) is 21.0. The number of methoxy groups -OCH3 is 3. The van der Waals surface area contributed by atoms with Gasteiger partial charge in [-0.15, -0.1) is 0 Å². The zero-order valence-corrected chi connectivity index (χ0v) is 17.1. The van der Waals surface area contributed by atoms with E-state index in [9.17, 15) is 4.79 Å². The summed E-state index contributed by atoms with van der Waals surface area (Å²) in [5, 5.41) is 2.93. The largest absolute Gasteiger partial charge is 0.493 e. The third-order valence-electron chi connectivity index (χ3n) is 4.50. The molecule has 0 atom stereocenters. The molecule has 3 rings (SSSR count). The second kappa shape index (κ2) is 8.68. The molecule has 0 bridgehead atoms. The number of allylic oxidation sites excluding steroid dienone is 1. The first-order chi connectivity index (χ1) is 14.0. The number of imidazole rings is 1. The van der Waals surface area contributed by atoms with E-state index < -0.39 is 0 Å². The summed E-state index contributed by atoms with van der Waals surface area (Å²) in [4.78, 5) is 17.4. The number of benzene rings is 2. The summed E-state index contributed by atoms with van der Waals surface area (Å²) in [6.07, 6.45) is 0. The van der Waals surface area contributed by atoms with Crippen molar-refractivity contribution in [3.63, 3.8) is 0 Å².